The van der Waals surface area contributed by atoms with Crippen molar-refractivity contribution in [2.24, 2.45) is 0 Å². The number of likely N-dealkylation sites (N-methyl/N-ethyl adjacent to an activating group) is 1. The van der Waals surface area contributed by atoms with Crippen molar-refractivity contribution in [3.8, 4) is 0 Å². The number of pyridine rings is 1. The molecule has 2 heterocycles. The van der Waals surface area contributed by atoms with E-state index in [4.69, 9.17) is 4.74 Å². The van der Waals surface area contributed by atoms with Crippen molar-refractivity contribution < 1.29 is 9.53 Å². The third-order valence-corrected chi connectivity index (χ3v) is 5.26. The molecule has 1 aliphatic rings. The number of ketones is 1. The molecule has 28 heavy (non-hydrogen) atoms. The minimum atomic E-state index is -0.299. The first kappa shape index (κ1) is 18.5. The SMILES string of the molecule is CN(C)[C@H]1c2ccccc2[C@@H](CC(=O)c2ccccn2)O[C@@H]1c1ccccc1. The zero-order valence-corrected chi connectivity index (χ0v) is 16.2. The highest BCUT2D eigenvalue weighted by Crippen LogP contribution is 2.47. The van der Waals surface area contributed by atoms with Crippen LogP contribution in [0.4, 0.5) is 0 Å². The highest BCUT2D eigenvalue weighted by atomic mass is 16.5. The fourth-order valence-corrected chi connectivity index (χ4v) is 3.97. The first-order valence-corrected chi connectivity index (χ1v) is 9.55. The zero-order valence-electron chi connectivity index (χ0n) is 16.2. The monoisotopic (exact) mass is 372 g/mol. The van der Waals surface area contributed by atoms with Crippen LogP contribution in [0.2, 0.25) is 0 Å². The molecule has 0 unspecified atom stereocenters. The van der Waals surface area contributed by atoms with Crippen LogP contribution in [0.1, 0.15) is 51.8 Å². The van der Waals surface area contributed by atoms with Crippen LogP contribution < -0.4 is 0 Å². The number of nitrogens with zero attached hydrogens (tertiary/aromatic N) is 2. The van der Waals surface area contributed by atoms with Crippen LogP contribution in [-0.4, -0.2) is 29.8 Å². The van der Waals surface area contributed by atoms with Gasteiger partial charge in [0.05, 0.1) is 12.1 Å². The van der Waals surface area contributed by atoms with Crippen LogP contribution in [0.3, 0.4) is 0 Å². The Hall–Kier alpha value is -2.82. The normalized spacial score (nSPS) is 21.3. The lowest BCUT2D eigenvalue weighted by Crippen LogP contribution is -2.34. The van der Waals surface area contributed by atoms with Gasteiger partial charge in [0.15, 0.2) is 5.78 Å². The molecule has 0 amide bonds. The van der Waals surface area contributed by atoms with Gasteiger partial charge in [0.2, 0.25) is 0 Å². The molecule has 0 aliphatic carbocycles. The molecule has 0 fully saturated rings. The largest absolute Gasteiger partial charge is 0.363 e. The molecule has 0 saturated carbocycles. The lowest BCUT2D eigenvalue weighted by atomic mass is 9.85. The third kappa shape index (κ3) is 3.61. The second kappa shape index (κ2) is 8.05. The maximum Gasteiger partial charge on any atom is 0.184 e. The van der Waals surface area contributed by atoms with Gasteiger partial charge in [-0.15, -0.1) is 0 Å². The van der Waals surface area contributed by atoms with E-state index in [0.717, 1.165) is 11.1 Å². The summed E-state index contributed by atoms with van der Waals surface area (Å²) in [6.07, 6.45) is 1.48. The number of carbonyl (C=O) groups is 1. The van der Waals surface area contributed by atoms with Crippen molar-refractivity contribution in [2.45, 2.75) is 24.7 Å². The summed E-state index contributed by atoms with van der Waals surface area (Å²) >= 11 is 0. The minimum Gasteiger partial charge on any atom is -0.363 e. The van der Waals surface area contributed by atoms with Gasteiger partial charge in [-0.05, 0) is 42.9 Å². The van der Waals surface area contributed by atoms with Crippen LogP contribution in [0.15, 0.2) is 79.0 Å². The van der Waals surface area contributed by atoms with E-state index in [9.17, 15) is 4.79 Å². The summed E-state index contributed by atoms with van der Waals surface area (Å²) in [5.41, 5.74) is 3.89. The Morgan fingerprint density at radius 1 is 0.929 bits per heavy atom. The second-order valence-corrected chi connectivity index (χ2v) is 7.34. The molecule has 4 nitrogen and oxygen atoms in total. The van der Waals surface area contributed by atoms with Gasteiger partial charge in [-0.3, -0.25) is 14.7 Å². The average molecular weight is 372 g/mol. The summed E-state index contributed by atoms with van der Waals surface area (Å²) in [7, 11) is 4.14. The molecule has 0 N–H and O–H groups in total. The first-order chi connectivity index (χ1) is 13.6. The number of aromatic nitrogens is 1. The van der Waals surface area contributed by atoms with Crippen LogP contribution in [0.5, 0.6) is 0 Å². The molecular weight excluding hydrogens is 348 g/mol. The highest BCUT2D eigenvalue weighted by Gasteiger charge is 2.38. The molecule has 4 heteroatoms. The molecule has 1 aliphatic heterocycles. The van der Waals surface area contributed by atoms with Gasteiger partial charge in [0, 0.05) is 12.6 Å². The quantitative estimate of drug-likeness (QED) is 0.605. The molecule has 0 bridgehead atoms. The first-order valence-electron chi connectivity index (χ1n) is 9.55. The number of fused-ring (bicyclic) bond motifs is 1. The molecule has 0 saturated heterocycles. The van der Waals surface area contributed by atoms with E-state index in [1.165, 1.54) is 5.56 Å². The van der Waals surface area contributed by atoms with Gasteiger partial charge in [0.1, 0.15) is 11.8 Å². The molecule has 0 spiro atoms. The van der Waals surface area contributed by atoms with E-state index in [1.807, 2.05) is 36.4 Å². The van der Waals surface area contributed by atoms with Crippen molar-refractivity contribution >= 4 is 5.78 Å². The van der Waals surface area contributed by atoms with Crippen molar-refractivity contribution in [1.29, 1.82) is 0 Å². The van der Waals surface area contributed by atoms with Gasteiger partial charge in [-0.1, -0.05) is 60.7 Å². The van der Waals surface area contributed by atoms with Crippen LogP contribution in [0.25, 0.3) is 0 Å². The maximum absolute atomic E-state index is 12.8. The summed E-state index contributed by atoms with van der Waals surface area (Å²) < 4.78 is 6.57. The smallest absolute Gasteiger partial charge is 0.184 e. The molecule has 2 aromatic carbocycles. The Labute approximate surface area is 165 Å². The van der Waals surface area contributed by atoms with Crippen molar-refractivity contribution in [1.82, 2.24) is 9.88 Å². The molecular formula is C24H24N2O2. The van der Waals surface area contributed by atoms with Crippen LogP contribution in [0, 0.1) is 0 Å². The second-order valence-electron chi connectivity index (χ2n) is 7.34. The van der Waals surface area contributed by atoms with Crippen LogP contribution in [-0.2, 0) is 4.74 Å². The lowest BCUT2D eigenvalue weighted by molar-refractivity contribution is -0.0718. The predicted octanol–water partition coefficient (Wildman–Crippen LogP) is 4.77. The van der Waals surface area contributed by atoms with Crippen molar-refractivity contribution in [3.63, 3.8) is 0 Å². The fraction of sp³-hybridized carbons (Fsp3) is 0.250. The number of hydrogen-bond donors (Lipinski definition) is 0. The number of carbonyl (C=O) groups excluding carboxylic acids is 1. The van der Waals surface area contributed by atoms with E-state index in [2.05, 4.69) is 54.3 Å². The van der Waals surface area contributed by atoms with Gasteiger partial charge in [-0.2, -0.15) is 0 Å². The number of ether oxygens (including phenoxy) is 1. The van der Waals surface area contributed by atoms with E-state index in [-0.39, 0.29) is 30.5 Å². The summed E-state index contributed by atoms with van der Waals surface area (Å²) in [5, 5.41) is 0. The van der Waals surface area contributed by atoms with Crippen molar-refractivity contribution in [3.05, 3.63) is 101 Å². The Balaban J connectivity index is 1.72. The fourth-order valence-electron chi connectivity index (χ4n) is 3.97. The molecule has 3 atom stereocenters. The summed E-state index contributed by atoms with van der Waals surface area (Å²) in [6, 6.07) is 24.0. The third-order valence-electron chi connectivity index (χ3n) is 5.26. The minimum absolute atomic E-state index is 0.00415. The maximum atomic E-state index is 12.8. The Morgan fingerprint density at radius 3 is 2.29 bits per heavy atom. The Bertz CT molecular complexity index is 941. The van der Waals surface area contributed by atoms with Gasteiger partial charge >= 0.3 is 0 Å². The molecule has 0 radical (unpaired) electrons. The van der Waals surface area contributed by atoms with Crippen LogP contribution >= 0.6 is 0 Å². The number of rotatable bonds is 5. The predicted molar refractivity (Wildman–Crippen MR) is 109 cm³/mol. The summed E-state index contributed by atoms with van der Waals surface area (Å²) in [4.78, 5) is 19.2. The molecule has 4 rings (SSSR count). The molecule has 142 valence electrons. The van der Waals surface area contributed by atoms with E-state index < -0.39 is 0 Å². The van der Waals surface area contributed by atoms with E-state index >= 15 is 0 Å². The highest BCUT2D eigenvalue weighted by molar-refractivity contribution is 5.94. The summed E-state index contributed by atoms with van der Waals surface area (Å²) in [6.45, 7) is 0. The lowest BCUT2D eigenvalue weighted by Gasteiger charge is -2.41. The standard InChI is InChI=1S/C24H24N2O2/c1-26(2)23-19-13-7-6-12-18(19)22(16-21(27)20-14-8-9-15-25-20)28-24(23)17-10-4-3-5-11-17/h3-15,22-24H,16H2,1-2H3/t22-,23+,24-/m1/s1. The Morgan fingerprint density at radius 2 is 1.61 bits per heavy atom. The Kier molecular flexibility index (Phi) is 5.33. The summed E-state index contributed by atoms with van der Waals surface area (Å²) in [5.74, 6) is -0.00415. The topological polar surface area (TPSA) is 42.4 Å². The number of Topliss-reactive ketones (excluding diaryl/α,β-unsaturated/α-hetero) is 1. The average Bonchev–Trinajstić information content (AvgIpc) is 2.74. The van der Waals surface area contributed by atoms with Gasteiger partial charge in [-0.25, -0.2) is 0 Å². The molecule has 3 aromatic rings. The van der Waals surface area contributed by atoms with E-state index in [0.29, 0.717) is 5.69 Å². The number of hydrogen-bond acceptors (Lipinski definition) is 4. The number of benzene rings is 2. The van der Waals surface area contributed by atoms with Gasteiger partial charge < -0.3 is 4.74 Å². The van der Waals surface area contributed by atoms with Crippen molar-refractivity contribution in [2.75, 3.05) is 14.1 Å². The van der Waals surface area contributed by atoms with Gasteiger partial charge in [0.25, 0.3) is 0 Å². The van der Waals surface area contributed by atoms with E-state index in [1.54, 1.807) is 12.3 Å². The zero-order chi connectivity index (χ0) is 19.5. The molecule has 1 aromatic heterocycles.